The summed E-state index contributed by atoms with van der Waals surface area (Å²) < 4.78 is 135. The topological polar surface area (TPSA) is 990 Å². The molecule has 0 unspecified atom stereocenters. The van der Waals surface area contributed by atoms with E-state index in [1.165, 1.54) is 0 Å². The summed E-state index contributed by atoms with van der Waals surface area (Å²) in [7, 11) is 0. The summed E-state index contributed by atoms with van der Waals surface area (Å²) in [5.41, 5.74) is 0. The first kappa shape index (κ1) is 112. The fraction of sp³-hybridized carbons (Fsp3) is 0.986. The van der Waals surface area contributed by atoms with Crippen molar-refractivity contribution in [2.75, 3.05) is 79.3 Å². The second-order valence-corrected chi connectivity index (χ2v) is 34.5. The van der Waals surface area contributed by atoms with Gasteiger partial charge in [-0.15, -0.1) is 0 Å². The maximum absolute atomic E-state index is 13.0. The predicted molar refractivity (Wildman–Crippen MR) is 407 cm³/mol. The minimum absolute atomic E-state index is 0.920. The minimum atomic E-state index is -2.78. The first-order valence-electron chi connectivity index (χ1n) is 43.2. The van der Waals surface area contributed by atoms with Crippen LogP contribution in [0.5, 0.6) is 0 Å². The molecule has 12 aliphatic rings. The van der Waals surface area contributed by atoms with Gasteiger partial charge >= 0.3 is 0 Å². The van der Waals surface area contributed by atoms with Gasteiger partial charge in [0.1, 0.15) is 293 Å². The molecule has 0 aromatic heterocycles. The first-order valence-corrected chi connectivity index (χ1v) is 43.2. The Morgan fingerprint density at radius 3 is 0.706 bits per heavy atom. The Kier molecular flexibility index (Phi) is 40.0. The Bertz CT molecular complexity index is 3590. The maximum atomic E-state index is 13.0. The highest BCUT2D eigenvalue weighted by Gasteiger charge is 2.63. The van der Waals surface area contributed by atoms with Crippen molar-refractivity contribution in [2.45, 2.75) is 375 Å². The van der Waals surface area contributed by atoms with E-state index < -0.39 is 454 Å². The Morgan fingerprint density at radius 1 is 0.191 bits per heavy atom. The average molecular weight is 2000 g/mol. The van der Waals surface area contributed by atoms with Crippen molar-refractivity contribution < 1.29 is 303 Å². The molecule has 0 aliphatic carbocycles. The molecule has 0 radical (unpaired) electrons. The molecule has 62 nitrogen and oxygen atoms in total. The molecular formula is C74H125NO61. The number of aliphatic hydroxyl groups is 37. The summed E-state index contributed by atoms with van der Waals surface area (Å²) >= 11 is 0. The molecule has 12 rings (SSSR count). The van der Waals surface area contributed by atoms with Crippen LogP contribution in [-0.4, -0.2) is 643 Å². The average Bonchev–Trinajstić information content (AvgIpc) is 0.762. The highest BCUT2D eigenvalue weighted by Crippen LogP contribution is 2.42. The van der Waals surface area contributed by atoms with E-state index in [1.54, 1.807) is 0 Å². The molecule has 60 atom stereocenters. The summed E-state index contributed by atoms with van der Waals surface area (Å²) in [6.45, 7) is -13.1. The van der Waals surface area contributed by atoms with E-state index in [2.05, 4.69) is 5.32 Å². The van der Waals surface area contributed by atoms with Crippen molar-refractivity contribution >= 4 is 5.91 Å². The normalized spacial score (nSPS) is 52.8. The van der Waals surface area contributed by atoms with Gasteiger partial charge in [0.15, 0.2) is 75.5 Å². The molecule has 62 heteroatoms. The van der Waals surface area contributed by atoms with Crippen LogP contribution in [0, 0.1) is 0 Å². The van der Waals surface area contributed by atoms with E-state index in [-0.39, 0.29) is 0 Å². The van der Waals surface area contributed by atoms with Gasteiger partial charge in [-0.05, 0) is 0 Å². The van der Waals surface area contributed by atoms with Crippen molar-refractivity contribution in [3.05, 3.63) is 0 Å². The summed E-state index contributed by atoms with van der Waals surface area (Å²) in [5.74, 6) is -0.942. The zero-order chi connectivity index (χ0) is 99.7. The Balaban J connectivity index is 0.908. The lowest BCUT2D eigenvalue weighted by molar-refractivity contribution is -0.413. The van der Waals surface area contributed by atoms with Crippen LogP contribution in [0.2, 0.25) is 0 Å². The number of rotatable bonds is 35. The standard InChI is InChI=1S/C74H125NO61/c1-14(85)75-27-39(97)55(23(10-84)117-63(27)113)129-70-54(112)58(38(96)26(127-70)12-114-64-52(110)57(131-66-49(107)41(99)29(87)16(3-77)119-66)37(95)25(126-64)13-116-72-60(45(103)33(91)20(7-81)124-72)134-68-51(109)43(101)31(89)18(5-79)121-68)132-74-62(47(105)35(93)24(128-74)11-115-71-59(44(102)32(90)19(6-80)123-71)133-67-50(108)42(100)30(88)17(4-78)120-67)136-73-61(46(104)34(92)21(8-82)125-73)135-69-53(111)56(36(94)22(9-83)122-69)130-65-48(106)40(98)28(86)15(2-76)118-65/h15-74,76-84,86-113H,2-13H2,1H3,(H,75,85)/t15-,16-,17-,18-,19-,20-,21-,22-,23-,24-,25-,26-,27-,28-,29-,30-,31-,32-,33-,34-,35-,36-,37-,38-,39-,40+,41+,42+,43+,44+,45+,46+,47+,48+,49+,50+,51+,52+,53+,54+,55-,56+,57+,58+,59+,60+,61+,62+,63-,64+,65-,66-,67-,68-,69-,70+,71+,72+,73-,74-/m1/s1. The number of nitrogens with one attached hydrogen (secondary N) is 1. The van der Waals surface area contributed by atoms with Crippen LogP contribution in [0.25, 0.3) is 0 Å². The monoisotopic (exact) mass is 2000 g/mol. The molecule has 136 heavy (non-hydrogen) atoms. The van der Waals surface area contributed by atoms with Crippen LogP contribution in [0.15, 0.2) is 0 Å². The van der Waals surface area contributed by atoms with Crippen LogP contribution in [0.3, 0.4) is 0 Å². The molecule has 38 N–H and O–H groups in total. The molecule has 0 spiro atoms. The van der Waals surface area contributed by atoms with Gasteiger partial charge in [0.2, 0.25) is 5.91 Å². The molecule has 12 saturated heterocycles. The Morgan fingerprint density at radius 2 is 0.390 bits per heavy atom. The smallest absolute Gasteiger partial charge is 0.217 e. The molecule has 12 heterocycles. The van der Waals surface area contributed by atoms with Crippen molar-refractivity contribution in [1.82, 2.24) is 5.32 Å². The number of carbonyl (C=O) groups excluding carboxylic acids is 1. The van der Waals surface area contributed by atoms with Crippen molar-refractivity contribution in [3.8, 4) is 0 Å². The van der Waals surface area contributed by atoms with E-state index in [4.69, 9.17) is 109 Å². The summed E-state index contributed by atoms with van der Waals surface area (Å²) in [6.07, 6.45) is -133. The summed E-state index contributed by atoms with van der Waals surface area (Å²) in [4.78, 5) is 12.6. The van der Waals surface area contributed by atoms with Crippen molar-refractivity contribution in [2.24, 2.45) is 0 Å². The van der Waals surface area contributed by atoms with E-state index in [0.29, 0.717) is 0 Å². The summed E-state index contributed by atoms with van der Waals surface area (Å²) in [6, 6.07) is -1.91. The molecule has 12 aliphatic heterocycles. The molecule has 0 saturated carbocycles. The number of hydrogen-bond acceptors (Lipinski definition) is 61. The van der Waals surface area contributed by atoms with Crippen LogP contribution < -0.4 is 5.32 Å². The van der Waals surface area contributed by atoms with E-state index in [9.17, 15) is 194 Å². The molecule has 0 aromatic rings. The lowest BCUT2D eigenvalue weighted by Gasteiger charge is -2.51. The first-order chi connectivity index (χ1) is 64.5. The molecule has 792 valence electrons. The zero-order valence-corrected chi connectivity index (χ0v) is 71.5. The number of hydrogen-bond donors (Lipinski definition) is 38. The van der Waals surface area contributed by atoms with Gasteiger partial charge in [0.05, 0.1) is 79.3 Å². The van der Waals surface area contributed by atoms with Gasteiger partial charge in [0, 0.05) is 6.92 Å². The third-order valence-corrected chi connectivity index (χ3v) is 25.5. The van der Waals surface area contributed by atoms with Crippen molar-refractivity contribution in [3.63, 3.8) is 0 Å². The highest BCUT2D eigenvalue weighted by molar-refractivity contribution is 5.73. The largest absolute Gasteiger partial charge is 0.394 e. The highest BCUT2D eigenvalue weighted by atomic mass is 16.8. The number of ether oxygens (including phenoxy) is 23. The van der Waals surface area contributed by atoms with E-state index in [1.807, 2.05) is 0 Å². The lowest BCUT2D eigenvalue weighted by atomic mass is 9.94. The minimum Gasteiger partial charge on any atom is -0.394 e. The fourth-order valence-electron chi connectivity index (χ4n) is 17.4. The number of amides is 1. The third-order valence-electron chi connectivity index (χ3n) is 25.5. The van der Waals surface area contributed by atoms with Gasteiger partial charge < -0.3 is 303 Å². The zero-order valence-electron chi connectivity index (χ0n) is 71.5. The SMILES string of the molecule is CC(=O)N[C@@H]1[C@@H](O)[C@H](O[C@@H]2O[C@H](CO[C@H]3O[C@H](CO[C@H]4O[C@H](CO)[C@@H](O)[C@H](O)[C@@H]4O[C@H]4O[C@H](CO)[C@@H](O)[C@H](O)[C@@H]4O)[C@@H](O)[C@H](O[C@H]4O[C@H](CO)[C@@H](O)[C@H](O)[C@@H]4O)[C@@H]3O)[C@@H](O)[C@H](O[C@H]3O[C@H](CO[C@H]4O[C@H](CO)[C@@H](O)[C@H](O)[C@@H]4O[C@H]4O[C@H](CO)[C@@H](O)[C@H](O)[C@@H]4O)[C@@H](O)[C@H](O)[C@@H]3O[C@H]3O[C@H](CO)[C@@H](O)[C@H](O)[C@@H]3O[C@H]3O[C@H](CO)[C@@H](O)[C@H](O[C@H]4O[C@H](CO)[C@@H](O)[C@H](O)[C@@H]4O)[C@@H]3O)[C@@H]2O)[C@@H](CO)O[C@H]1O. The lowest BCUT2D eigenvalue weighted by Crippen LogP contribution is -2.69. The molecular weight excluding hydrogens is 1880 g/mol. The predicted octanol–water partition coefficient (Wildman–Crippen LogP) is -27.0. The van der Waals surface area contributed by atoms with Gasteiger partial charge in [-0.2, -0.15) is 0 Å². The van der Waals surface area contributed by atoms with Gasteiger partial charge in [0.25, 0.3) is 0 Å². The molecule has 0 bridgehead atoms. The number of aliphatic hydroxyl groups excluding tert-OH is 37. The van der Waals surface area contributed by atoms with E-state index >= 15 is 0 Å². The van der Waals surface area contributed by atoms with Crippen LogP contribution in [0.1, 0.15) is 6.92 Å². The Labute approximate surface area is 766 Å². The van der Waals surface area contributed by atoms with Crippen LogP contribution in [0.4, 0.5) is 0 Å². The third kappa shape index (κ3) is 23.7. The quantitative estimate of drug-likeness (QED) is 0.0280. The Hall–Kier alpha value is -2.93. The fourth-order valence-corrected chi connectivity index (χ4v) is 17.4. The van der Waals surface area contributed by atoms with Crippen molar-refractivity contribution in [1.29, 1.82) is 0 Å². The second kappa shape index (κ2) is 48.6. The van der Waals surface area contributed by atoms with Gasteiger partial charge in [-0.25, -0.2) is 0 Å². The molecule has 12 fully saturated rings. The molecule has 0 aromatic carbocycles. The maximum Gasteiger partial charge on any atom is 0.217 e. The van der Waals surface area contributed by atoms with Gasteiger partial charge in [-0.3, -0.25) is 4.79 Å². The van der Waals surface area contributed by atoms with Crippen LogP contribution >= 0.6 is 0 Å². The van der Waals surface area contributed by atoms with Crippen LogP contribution in [-0.2, 0) is 114 Å². The number of carbonyl (C=O) groups is 1. The second-order valence-electron chi connectivity index (χ2n) is 34.5. The molecule has 1 amide bonds. The van der Waals surface area contributed by atoms with Gasteiger partial charge in [-0.1, -0.05) is 0 Å². The summed E-state index contributed by atoms with van der Waals surface area (Å²) in [5, 5.41) is 415. The van der Waals surface area contributed by atoms with E-state index in [0.717, 1.165) is 6.92 Å².